The van der Waals surface area contributed by atoms with E-state index < -0.39 is 0 Å². The molecule has 1 heterocycles. The molecule has 72 valence electrons. The maximum atomic E-state index is 5.41. The molecule has 0 fully saturated rings. The Labute approximate surface area is 83.9 Å². The van der Waals surface area contributed by atoms with Crippen LogP contribution in [-0.4, -0.2) is 42.6 Å². The molecule has 1 aliphatic heterocycles. The van der Waals surface area contributed by atoms with E-state index in [-0.39, 0.29) is 17.0 Å². The van der Waals surface area contributed by atoms with Crippen molar-refractivity contribution in [3.05, 3.63) is 12.4 Å². The molecule has 0 radical (unpaired) electrons. The minimum atomic E-state index is 0. The van der Waals surface area contributed by atoms with Crippen LogP contribution in [0.2, 0.25) is 0 Å². The molecule has 4 nitrogen and oxygen atoms in total. The van der Waals surface area contributed by atoms with E-state index >= 15 is 0 Å². The van der Waals surface area contributed by atoms with Crippen molar-refractivity contribution in [1.82, 2.24) is 9.80 Å². The predicted octanol–water partition coefficient (Wildman–Crippen LogP) is -0.472. The lowest BCUT2D eigenvalue weighted by atomic mass is 10.5. The third-order valence-corrected chi connectivity index (χ3v) is 1.68. The van der Waals surface area contributed by atoms with Gasteiger partial charge in [-0.15, -0.1) is 17.0 Å². The van der Waals surface area contributed by atoms with Gasteiger partial charge in [0.15, 0.2) is 0 Å². The molecule has 12 heavy (non-hydrogen) atoms. The number of nitrogens with zero attached hydrogens (tertiary/aromatic N) is 2. The van der Waals surface area contributed by atoms with Gasteiger partial charge in [-0.25, -0.2) is 0 Å². The molecule has 0 spiro atoms. The van der Waals surface area contributed by atoms with E-state index in [2.05, 4.69) is 22.2 Å². The highest BCUT2D eigenvalue weighted by Gasteiger charge is 2.08. The summed E-state index contributed by atoms with van der Waals surface area (Å²) < 4.78 is 0. The Bertz CT molecular complexity index is 125. The van der Waals surface area contributed by atoms with Crippen molar-refractivity contribution in [2.24, 2.45) is 11.5 Å². The van der Waals surface area contributed by atoms with Crippen LogP contribution in [0.4, 0.5) is 0 Å². The first-order valence-electron chi connectivity index (χ1n) is 3.93. The van der Waals surface area contributed by atoms with E-state index in [9.17, 15) is 0 Å². The van der Waals surface area contributed by atoms with Crippen molar-refractivity contribution in [2.75, 3.05) is 32.8 Å². The van der Waals surface area contributed by atoms with Gasteiger partial charge < -0.3 is 21.3 Å². The van der Waals surface area contributed by atoms with Gasteiger partial charge in [-0.2, -0.15) is 0 Å². The summed E-state index contributed by atoms with van der Waals surface area (Å²) in [6.45, 7) is 4.21. The summed E-state index contributed by atoms with van der Waals surface area (Å²) in [6, 6.07) is 0. The lowest BCUT2D eigenvalue weighted by Crippen LogP contribution is -2.31. The van der Waals surface area contributed by atoms with E-state index in [1.54, 1.807) is 0 Å². The van der Waals surface area contributed by atoms with Gasteiger partial charge in [0, 0.05) is 38.6 Å². The molecule has 0 unspecified atom stereocenters. The molecule has 0 aliphatic carbocycles. The van der Waals surface area contributed by atoms with Gasteiger partial charge >= 0.3 is 0 Å². The number of halogens is 1. The van der Waals surface area contributed by atoms with Crippen molar-refractivity contribution >= 4 is 17.0 Å². The third kappa shape index (κ3) is 3.42. The number of hydrogen-bond donors (Lipinski definition) is 2. The molecular weight excluding hydrogens is 220 g/mol. The van der Waals surface area contributed by atoms with Gasteiger partial charge in [-0.1, -0.05) is 0 Å². The van der Waals surface area contributed by atoms with Gasteiger partial charge in [-0.05, 0) is 0 Å². The third-order valence-electron chi connectivity index (χ3n) is 1.68. The summed E-state index contributed by atoms with van der Waals surface area (Å²) >= 11 is 0. The predicted molar refractivity (Wildman–Crippen MR) is 55.8 cm³/mol. The van der Waals surface area contributed by atoms with E-state index in [0.29, 0.717) is 13.1 Å². The Morgan fingerprint density at radius 3 is 1.75 bits per heavy atom. The summed E-state index contributed by atoms with van der Waals surface area (Å²) in [4.78, 5) is 4.35. The van der Waals surface area contributed by atoms with Gasteiger partial charge in [0.05, 0.1) is 6.67 Å². The fourth-order valence-corrected chi connectivity index (χ4v) is 1.14. The standard InChI is InChI=1S/C7H16N4.BrH/c8-1-3-10-5-6-11(7-10)4-2-9;/h5-6H,1-4,7-9H2;1H. The molecule has 4 N–H and O–H groups in total. The quantitative estimate of drug-likeness (QED) is 0.694. The van der Waals surface area contributed by atoms with Crippen LogP contribution in [0, 0.1) is 0 Å². The highest BCUT2D eigenvalue weighted by atomic mass is 79.9. The normalized spacial score (nSPS) is 15.2. The van der Waals surface area contributed by atoms with Crippen molar-refractivity contribution < 1.29 is 0 Å². The Morgan fingerprint density at radius 2 is 1.42 bits per heavy atom. The lowest BCUT2D eigenvalue weighted by Gasteiger charge is -2.19. The van der Waals surface area contributed by atoms with Crippen LogP contribution >= 0.6 is 17.0 Å². The van der Waals surface area contributed by atoms with E-state index in [1.807, 2.05) is 0 Å². The van der Waals surface area contributed by atoms with Crippen LogP contribution in [0.15, 0.2) is 12.4 Å². The van der Waals surface area contributed by atoms with E-state index in [0.717, 1.165) is 19.8 Å². The molecule has 5 heteroatoms. The molecule has 0 aromatic carbocycles. The summed E-state index contributed by atoms with van der Waals surface area (Å²) in [5.41, 5.74) is 10.8. The first kappa shape index (κ1) is 11.7. The van der Waals surface area contributed by atoms with Crippen LogP contribution < -0.4 is 11.5 Å². The van der Waals surface area contributed by atoms with Crippen LogP contribution in [0.5, 0.6) is 0 Å². The topological polar surface area (TPSA) is 58.5 Å². The highest BCUT2D eigenvalue weighted by Crippen LogP contribution is 2.03. The smallest absolute Gasteiger partial charge is 0.0894 e. The zero-order chi connectivity index (χ0) is 8.10. The van der Waals surface area contributed by atoms with Gasteiger partial charge in [0.25, 0.3) is 0 Å². The minimum Gasteiger partial charge on any atom is -0.357 e. The second-order valence-electron chi connectivity index (χ2n) is 2.64. The second kappa shape index (κ2) is 6.28. The van der Waals surface area contributed by atoms with Crippen molar-refractivity contribution in [3.63, 3.8) is 0 Å². The summed E-state index contributed by atoms with van der Waals surface area (Å²) in [6.07, 6.45) is 4.12. The van der Waals surface area contributed by atoms with Gasteiger partial charge in [0.1, 0.15) is 0 Å². The maximum Gasteiger partial charge on any atom is 0.0894 e. The number of nitrogens with two attached hydrogens (primary N) is 2. The van der Waals surface area contributed by atoms with Crippen molar-refractivity contribution in [1.29, 1.82) is 0 Å². The van der Waals surface area contributed by atoms with Gasteiger partial charge in [0.2, 0.25) is 0 Å². The highest BCUT2D eigenvalue weighted by molar-refractivity contribution is 8.93. The Hall–Kier alpha value is -0.260. The Balaban J connectivity index is 0.00000121. The zero-order valence-electron chi connectivity index (χ0n) is 7.15. The van der Waals surface area contributed by atoms with E-state index in [4.69, 9.17) is 11.5 Å². The Morgan fingerprint density at radius 1 is 1.00 bits per heavy atom. The molecule has 0 amide bonds. The first-order chi connectivity index (χ1) is 5.36. The lowest BCUT2D eigenvalue weighted by molar-refractivity contribution is 0.274. The van der Waals surface area contributed by atoms with Crippen LogP contribution in [0.3, 0.4) is 0 Å². The number of hydrogen-bond acceptors (Lipinski definition) is 4. The minimum absolute atomic E-state index is 0. The average Bonchev–Trinajstić information content (AvgIpc) is 2.38. The molecule has 0 bridgehead atoms. The van der Waals surface area contributed by atoms with Crippen LogP contribution in [0.1, 0.15) is 0 Å². The largest absolute Gasteiger partial charge is 0.357 e. The molecule has 0 aromatic heterocycles. The monoisotopic (exact) mass is 236 g/mol. The van der Waals surface area contributed by atoms with E-state index in [1.165, 1.54) is 0 Å². The fourth-order valence-electron chi connectivity index (χ4n) is 1.14. The second-order valence-corrected chi connectivity index (χ2v) is 2.64. The zero-order valence-corrected chi connectivity index (χ0v) is 8.86. The summed E-state index contributed by atoms with van der Waals surface area (Å²) in [5.74, 6) is 0. The van der Waals surface area contributed by atoms with Crippen molar-refractivity contribution in [3.8, 4) is 0 Å². The molecule has 1 aliphatic rings. The summed E-state index contributed by atoms with van der Waals surface area (Å²) in [5, 5.41) is 0. The molecule has 0 saturated heterocycles. The Kier molecular flexibility index (Phi) is 6.14. The van der Waals surface area contributed by atoms with Crippen LogP contribution in [0.25, 0.3) is 0 Å². The van der Waals surface area contributed by atoms with Gasteiger partial charge in [-0.3, -0.25) is 0 Å². The SMILES string of the molecule is Br.NCCN1C=CN(CCN)C1. The first-order valence-corrected chi connectivity index (χ1v) is 3.93. The molecular formula is C7H17BrN4. The molecule has 0 atom stereocenters. The maximum absolute atomic E-state index is 5.41. The summed E-state index contributed by atoms with van der Waals surface area (Å²) in [7, 11) is 0. The van der Waals surface area contributed by atoms with Crippen molar-refractivity contribution in [2.45, 2.75) is 0 Å². The fraction of sp³-hybridized carbons (Fsp3) is 0.714. The average molecular weight is 237 g/mol. The number of rotatable bonds is 4. The van der Waals surface area contributed by atoms with Crippen LogP contribution in [-0.2, 0) is 0 Å². The molecule has 1 rings (SSSR count). The molecule has 0 saturated carbocycles. The molecule has 0 aromatic rings.